The highest BCUT2D eigenvalue weighted by molar-refractivity contribution is 6.34. The van der Waals surface area contributed by atoms with Crippen LogP contribution in [-0.2, 0) is 0 Å². The maximum Gasteiger partial charge on any atom is 0.273 e. The Hall–Kier alpha value is -2.09. The van der Waals surface area contributed by atoms with Crippen molar-refractivity contribution < 1.29 is 9.59 Å². The number of aromatic amines is 1. The highest BCUT2D eigenvalue weighted by atomic mass is 35.5. The third-order valence-corrected chi connectivity index (χ3v) is 6.66. The van der Waals surface area contributed by atoms with Crippen molar-refractivity contribution in [3.8, 4) is 0 Å². The maximum atomic E-state index is 13.0. The molecule has 2 saturated heterocycles. The Kier molecular flexibility index (Phi) is 6.04. The summed E-state index contributed by atoms with van der Waals surface area (Å²) in [6.07, 6.45) is 3.15. The first-order valence-corrected chi connectivity index (χ1v) is 10.6. The van der Waals surface area contributed by atoms with E-state index in [-0.39, 0.29) is 42.0 Å². The summed E-state index contributed by atoms with van der Waals surface area (Å²) in [7, 11) is 0. The number of H-pyrrole nitrogens is 1. The standard InChI is InChI=1S/C21H24ClN5O2.ClH/c22-17-18(13-6-7-13)24-25-19(17)20(28)23-10-16-12-27(15-8-9-26(16)11-15)21(29)14-4-2-1-3-5-14;/h1-5,13,15-16H,6-12H2,(H,23,28)(H,24,25);1H. The molecule has 3 atom stereocenters. The van der Waals surface area contributed by atoms with Gasteiger partial charge in [-0.15, -0.1) is 12.4 Å². The number of amides is 2. The Labute approximate surface area is 186 Å². The van der Waals surface area contributed by atoms with Gasteiger partial charge in [-0.3, -0.25) is 19.6 Å². The van der Waals surface area contributed by atoms with Gasteiger partial charge < -0.3 is 10.2 Å². The quantitative estimate of drug-likeness (QED) is 0.734. The second kappa shape index (κ2) is 8.57. The lowest BCUT2D eigenvalue weighted by Gasteiger charge is -2.40. The number of piperazine rings is 1. The van der Waals surface area contributed by atoms with Crippen LogP contribution < -0.4 is 5.32 Å². The molecular weight excluding hydrogens is 425 g/mol. The van der Waals surface area contributed by atoms with Gasteiger partial charge in [0.1, 0.15) is 0 Å². The van der Waals surface area contributed by atoms with E-state index in [4.69, 9.17) is 11.6 Å². The molecule has 30 heavy (non-hydrogen) atoms. The average Bonchev–Trinajstić information content (AvgIpc) is 3.40. The summed E-state index contributed by atoms with van der Waals surface area (Å²) < 4.78 is 0. The largest absolute Gasteiger partial charge is 0.349 e. The van der Waals surface area contributed by atoms with E-state index < -0.39 is 0 Å². The fraction of sp³-hybridized carbons (Fsp3) is 0.476. The fourth-order valence-electron chi connectivity index (χ4n) is 4.46. The molecular formula is C21H25Cl2N5O2. The van der Waals surface area contributed by atoms with Crippen LogP contribution in [0, 0.1) is 0 Å². The Morgan fingerprint density at radius 3 is 2.67 bits per heavy atom. The van der Waals surface area contributed by atoms with Crippen molar-refractivity contribution in [1.29, 1.82) is 0 Å². The Bertz CT molecular complexity index is 931. The topological polar surface area (TPSA) is 81.3 Å². The normalized spacial score (nSPS) is 25.0. The molecule has 3 heterocycles. The highest BCUT2D eigenvalue weighted by Gasteiger charge is 2.41. The molecule has 1 aliphatic carbocycles. The van der Waals surface area contributed by atoms with Gasteiger partial charge in [-0.05, 0) is 31.4 Å². The van der Waals surface area contributed by atoms with Gasteiger partial charge in [0, 0.05) is 49.7 Å². The van der Waals surface area contributed by atoms with E-state index in [0.29, 0.717) is 29.6 Å². The molecule has 3 unspecified atom stereocenters. The maximum absolute atomic E-state index is 13.0. The summed E-state index contributed by atoms with van der Waals surface area (Å²) in [6, 6.07) is 9.74. The van der Waals surface area contributed by atoms with E-state index in [1.807, 2.05) is 35.2 Å². The molecule has 1 saturated carbocycles. The zero-order chi connectivity index (χ0) is 20.0. The number of benzene rings is 1. The van der Waals surface area contributed by atoms with E-state index >= 15 is 0 Å². The van der Waals surface area contributed by atoms with Crippen molar-refractivity contribution in [2.24, 2.45) is 0 Å². The number of nitrogens with zero attached hydrogens (tertiary/aromatic N) is 3. The van der Waals surface area contributed by atoms with Crippen molar-refractivity contribution in [3.05, 3.63) is 52.3 Å². The van der Waals surface area contributed by atoms with E-state index in [1.165, 1.54) is 0 Å². The summed E-state index contributed by atoms with van der Waals surface area (Å²) in [5.41, 5.74) is 1.85. The lowest BCUT2D eigenvalue weighted by Crippen LogP contribution is -2.57. The van der Waals surface area contributed by atoms with Crippen molar-refractivity contribution in [3.63, 3.8) is 0 Å². The monoisotopic (exact) mass is 449 g/mol. The molecule has 7 nitrogen and oxygen atoms in total. The van der Waals surface area contributed by atoms with E-state index in [2.05, 4.69) is 20.4 Å². The van der Waals surface area contributed by atoms with Crippen molar-refractivity contribution in [2.75, 3.05) is 26.2 Å². The van der Waals surface area contributed by atoms with Crippen LogP contribution in [0.2, 0.25) is 5.02 Å². The van der Waals surface area contributed by atoms with Gasteiger partial charge in [-0.1, -0.05) is 29.8 Å². The van der Waals surface area contributed by atoms with Gasteiger partial charge in [-0.2, -0.15) is 5.10 Å². The van der Waals surface area contributed by atoms with Crippen LogP contribution in [0.4, 0.5) is 0 Å². The number of aromatic nitrogens is 2. The zero-order valence-corrected chi connectivity index (χ0v) is 18.1. The fourth-order valence-corrected chi connectivity index (χ4v) is 4.79. The number of halogens is 2. The average molecular weight is 450 g/mol. The minimum absolute atomic E-state index is 0. The molecule has 2 bridgehead atoms. The van der Waals surface area contributed by atoms with Crippen molar-refractivity contribution in [1.82, 2.24) is 25.3 Å². The SMILES string of the molecule is Cl.O=C(NCC1CN(C(=O)c2ccccc2)C2CCN1C2)c1n[nH]c(C2CC2)c1Cl. The molecule has 2 amide bonds. The third-order valence-electron chi connectivity index (χ3n) is 6.27. The number of hydrogen-bond acceptors (Lipinski definition) is 4. The predicted molar refractivity (Wildman–Crippen MR) is 116 cm³/mol. The Balaban J connectivity index is 0.00000218. The highest BCUT2D eigenvalue weighted by Crippen LogP contribution is 2.42. The summed E-state index contributed by atoms with van der Waals surface area (Å²) in [5.74, 6) is 0.215. The Morgan fingerprint density at radius 1 is 1.17 bits per heavy atom. The number of carbonyl (C=O) groups excluding carboxylic acids is 2. The molecule has 160 valence electrons. The summed E-state index contributed by atoms with van der Waals surface area (Å²) in [4.78, 5) is 30.0. The molecule has 0 radical (unpaired) electrons. The first-order chi connectivity index (χ1) is 14.1. The van der Waals surface area contributed by atoms with Gasteiger partial charge in [0.05, 0.1) is 10.7 Å². The first-order valence-electron chi connectivity index (χ1n) is 10.2. The molecule has 0 spiro atoms. The van der Waals surface area contributed by atoms with Gasteiger partial charge in [-0.25, -0.2) is 0 Å². The van der Waals surface area contributed by atoms with Crippen LogP contribution >= 0.6 is 24.0 Å². The molecule has 3 fully saturated rings. The van der Waals surface area contributed by atoms with Gasteiger partial charge in [0.25, 0.3) is 11.8 Å². The molecule has 3 aliphatic rings. The Morgan fingerprint density at radius 2 is 1.93 bits per heavy atom. The lowest BCUT2D eigenvalue weighted by molar-refractivity contribution is 0.0493. The second-order valence-corrected chi connectivity index (χ2v) is 8.58. The molecule has 1 aromatic carbocycles. The molecule has 9 heteroatoms. The number of rotatable bonds is 5. The van der Waals surface area contributed by atoms with Crippen molar-refractivity contribution in [2.45, 2.75) is 37.3 Å². The molecule has 2 aliphatic heterocycles. The lowest BCUT2D eigenvalue weighted by atomic mass is 10.1. The molecule has 5 rings (SSSR count). The van der Waals surface area contributed by atoms with E-state index in [0.717, 1.165) is 38.0 Å². The third kappa shape index (κ3) is 3.94. The van der Waals surface area contributed by atoms with Gasteiger partial charge in [0.15, 0.2) is 5.69 Å². The summed E-state index contributed by atoms with van der Waals surface area (Å²) >= 11 is 6.35. The number of hydrogen-bond donors (Lipinski definition) is 2. The van der Waals surface area contributed by atoms with Crippen LogP contribution in [0.5, 0.6) is 0 Å². The van der Waals surface area contributed by atoms with Crippen LogP contribution in [0.15, 0.2) is 30.3 Å². The van der Waals surface area contributed by atoms with Gasteiger partial charge in [0.2, 0.25) is 0 Å². The minimum atomic E-state index is -0.264. The number of nitrogens with one attached hydrogen (secondary N) is 2. The molecule has 2 N–H and O–H groups in total. The zero-order valence-electron chi connectivity index (χ0n) is 16.5. The van der Waals surface area contributed by atoms with Crippen molar-refractivity contribution >= 4 is 35.8 Å². The second-order valence-electron chi connectivity index (χ2n) is 8.20. The molecule has 1 aromatic heterocycles. The van der Waals surface area contributed by atoms with E-state index in [1.54, 1.807) is 0 Å². The smallest absolute Gasteiger partial charge is 0.273 e. The van der Waals surface area contributed by atoms with E-state index in [9.17, 15) is 9.59 Å². The van der Waals surface area contributed by atoms with Crippen LogP contribution in [-0.4, -0.2) is 70.1 Å². The van der Waals surface area contributed by atoms with Crippen LogP contribution in [0.1, 0.15) is 51.7 Å². The van der Waals surface area contributed by atoms with Crippen LogP contribution in [0.25, 0.3) is 0 Å². The van der Waals surface area contributed by atoms with Crippen LogP contribution in [0.3, 0.4) is 0 Å². The predicted octanol–water partition coefficient (Wildman–Crippen LogP) is 2.69. The number of fused-ring (bicyclic) bond motifs is 2. The summed E-state index contributed by atoms with van der Waals surface area (Å²) in [6.45, 7) is 2.87. The van der Waals surface area contributed by atoms with Gasteiger partial charge >= 0.3 is 0 Å². The number of carbonyl (C=O) groups is 2. The molecule has 2 aromatic rings. The summed E-state index contributed by atoms with van der Waals surface area (Å²) in [5, 5.41) is 10.5. The first kappa shape index (κ1) is 21.2. The minimum Gasteiger partial charge on any atom is -0.349 e.